The quantitative estimate of drug-likeness (QED) is 0.496. The van der Waals surface area contributed by atoms with Crippen molar-refractivity contribution < 1.29 is 9.26 Å². The molecule has 3 heterocycles. The average molecular weight is 413 g/mol. The Hall–Kier alpha value is -3.20. The van der Waals surface area contributed by atoms with Crippen LogP contribution in [0.2, 0.25) is 5.02 Å². The molecule has 1 aromatic carbocycles. The zero-order valence-corrected chi connectivity index (χ0v) is 16.3. The van der Waals surface area contributed by atoms with E-state index in [1.165, 1.54) is 10.9 Å². The number of halogens is 1. The van der Waals surface area contributed by atoms with Crippen molar-refractivity contribution in [3.8, 4) is 5.75 Å². The van der Waals surface area contributed by atoms with Gasteiger partial charge in [0.05, 0.1) is 6.33 Å². The molecule has 0 aliphatic heterocycles. The fourth-order valence-electron chi connectivity index (χ4n) is 3.43. The summed E-state index contributed by atoms with van der Waals surface area (Å²) in [6, 6.07) is 7.35. The Labute approximate surface area is 169 Å². The minimum absolute atomic E-state index is 0.0967. The number of rotatable bonds is 5. The molecular weight excluding hydrogens is 396 g/mol. The van der Waals surface area contributed by atoms with Gasteiger partial charge in [0.25, 0.3) is 5.56 Å². The van der Waals surface area contributed by atoms with Crippen LogP contribution in [0.15, 0.2) is 46.2 Å². The number of nitrogens with zero attached hydrogens (tertiary/aromatic N) is 6. The first-order valence-electron chi connectivity index (χ1n) is 9.18. The van der Waals surface area contributed by atoms with Gasteiger partial charge < -0.3 is 13.8 Å². The van der Waals surface area contributed by atoms with Crippen LogP contribution >= 0.6 is 11.6 Å². The monoisotopic (exact) mass is 412 g/mol. The molecular formula is C19H17ClN6O3. The second kappa shape index (κ2) is 7.00. The number of ether oxygens (including phenoxy) is 1. The van der Waals surface area contributed by atoms with Crippen molar-refractivity contribution in [1.29, 1.82) is 0 Å². The van der Waals surface area contributed by atoms with E-state index >= 15 is 0 Å². The zero-order valence-electron chi connectivity index (χ0n) is 15.5. The van der Waals surface area contributed by atoms with Crippen LogP contribution in [0, 0.1) is 0 Å². The maximum atomic E-state index is 12.6. The van der Waals surface area contributed by atoms with Gasteiger partial charge >= 0.3 is 0 Å². The van der Waals surface area contributed by atoms with Gasteiger partial charge in [-0.3, -0.25) is 9.36 Å². The van der Waals surface area contributed by atoms with Crippen molar-refractivity contribution in [2.75, 3.05) is 0 Å². The van der Waals surface area contributed by atoms with Crippen LogP contribution in [-0.4, -0.2) is 35.3 Å². The van der Waals surface area contributed by atoms with Crippen LogP contribution in [0.25, 0.3) is 11.2 Å². The molecule has 3 aromatic heterocycles. The highest BCUT2D eigenvalue weighted by molar-refractivity contribution is 6.30. The third-order valence-electron chi connectivity index (χ3n) is 5.05. The van der Waals surface area contributed by atoms with Gasteiger partial charge in [-0.2, -0.15) is 4.98 Å². The molecule has 1 aliphatic rings. The lowest BCUT2D eigenvalue weighted by atomic mass is 9.82. The first-order valence-corrected chi connectivity index (χ1v) is 9.56. The first-order chi connectivity index (χ1) is 14.1. The van der Waals surface area contributed by atoms with Crippen molar-refractivity contribution in [1.82, 2.24) is 29.2 Å². The summed E-state index contributed by atoms with van der Waals surface area (Å²) in [5.74, 6) is 1.93. The molecule has 1 fully saturated rings. The van der Waals surface area contributed by atoms with Gasteiger partial charge in [0, 0.05) is 18.0 Å². The molecule has 1 saturated carbocycles. The number of hydrogen-bond acceptors (Lipinski definition) is 7. The predicted octanol–water partition coefficient (Wildman–Crippen LogP) is 2.54. The van der Waals surface area contributed by atoms with Gasteiger partial charge in [-0.05, 0) is 31.0 Å². The molecule has 0 unspecified atom stereocenters. The lowest BCUT2D eigenvalue weighted by Gasteiger charge is -2.33. The summed E-state index contributed by atoms with van der Waals surface area (Å²) in [6.45, 7) is 0.162. The number of hydrogen-bond donors (Lipinski definition) is 0. The average Bonchev–Trinajstić information content (AvgIpc) is 3.27. The van der Waals surface area contributed by atoms with E-state index in [4.69, 9.17) is 20.9 Å². The Balaban J connectivity index is 1.25. The number of benzene rings is 1. The number of imidazole rings is 1. The third kappa shape index (κ3) is 3.38. The standard InChI is InChI=1S/C19H17ClN6O3/c1-25-9-21-18-16(25)19(27)26(10-22-18)8-15-23-17(24-29-15)11-5-14(6-11)28-13-4-2-3-12(20)7-13/h2-4,7,9-11,14H,5-6,8H2,1H3/t11-,14-. The highest BCUT2D eigenvalue weighted by Crippen LogP contribution is 2.38. The topological polar surface area (TPSA) is 101 Å². The molecule has 0 atom stereocenters. The van der Waals surface area contributed by atoms with Crippen LogP contribution in [-0.2, 0) is 13.6 Å². The maximum absolute atomic E-state index is 12.6. The Morgan fingerprint density at radius 3 is 2.93 bits per heavy atom. The van der Waals surface area contributed by atoms with Gasteiger partial charge in [0.2, 0.25) is 5.89 Å². The maximum Gasteiger partial charge on any atom is 0.280 e. The summed E-state index contributed by atoms with van der Waals surface area (Å²) >= 11 is 5.98. The molecule has 0 amide bonds. The molecule has 0 saturated heterocycles. The number of aryl methyl sites for hydroxylation is 1. The molecule has 4 aromatic rings. The summed E-state index contributed by atoms with van der Waals surface area (Å²) < 4.78 is 14.3. The van der Waals surface area contributed by atoms with Crippen molar-refractivity contribution >= 4 is 22.8 Å². The summed E-state index contributed by atoms with van der Waals surface area (Å²) in [6.07, 6.45) is 4.70. The SMILES string of the molecule is Cn1cnc2ncn(Cc3nc([C@H]4C[C@H](Oc5cccc(Cl)c5)C4)no3)c(=O)c21. The van der Waals surface area contributed by atoms with Gasteiger partial charge in [-0.1, -0.05) is 22.8 Å². The van der Waals surface area contributed by atoms with Crippen LogP contribution in [0.3, 0.4) is 0 Å². The van der Waals surface area contributed by atoms with E-state index in [1.54, 1.807) is 24.0 Å². The highest BCUT2D eigenvalue weighted by atomic mass is 35.5. The van der Waals surface area contributed by atoms with Crippen molar-refractivity contribution in [3.05, 3.63) is 64.0 Å². The fraction of sp³-hybridized carbons (Fsp3) is 0.316. The van der Waals surface area contributed by atoms with E-state index in [0.717, 1.165) is 18.6 Å². The van der Waals surface area contributed by atoms with Gasteiger partial charge in [-0.25, -0.2) is 9.97 Å². The van der Waals surface area contributed by atoms with Gasteiger partial charge in [0.1, 0.15) is 24.7 Å². The Morgan fingerprint density at radius 2 is 2.10 bits per heavy atom. The van der Waals surface area contributed by atoms with E-state index in [0.29, 0.717) is 27.9 Å². The largest absolute Gasteiger partial charge is 0.490 e. The zero-order chi connectivity index (χ0) is 20.0. The van der Waals surface area contributed by atoms with Crippen molar-refractivity contribution in [2.45, 2.75) is 31.4 Å². The summed E-state index contributed by atoms with van der Waals surface area (Å²) in [5.41, 5.74) is 0.654. The molecule has 1 aliphatic carbocycles. The van der Waals surface area contributed by atoms with E-state index in [2.05, 4.69) is 20.1 Å². The smallest absolute Gasteiger partial charge is 0.280 e. The van der Waals surface area contributed by atoms with E-state index in [9.17, 15) is 4.79 Å². The van der Waals surface area contributed by atoms with Crippen molar-refractivity contribution in [2.24, 2.45) is 7.05 Å². The third-order valence-corrected chi connectivity index (χ3v) is 5.28. The first kappa shape index (κ1) is 17.9. The minimum Gasteiger partial charge on any atom is -0.490 e. The van der Waals surface area contributed by atoms with E-state index in [-0.39, 0.29) is 24.1 Å². The van der Waals surface area contributed by atoms with Crippen LogP contribution in [0.4, 0.5) is 0 Å². The fourth-order valence-corrected chi connectivity index (χ4v) is 3.61. The molecule has 0 spiro atoms. The number of fused-ring (bicyclic) bond motifs is 1. The summed E-state index contributed by atoms with van der Waals surface area (Å²) in [5, 5.41) is 4.72. The van der Waals surface area contributed by atoms with E-state index in [1.807, 2.05) is 18.2 Å². The molecule has 0 N–H and O–H groups in total. The van der Waals surface area contributed by atoms with E-state index < -0.39 is 0 Å². The highest BCUT2D eigenvalue weighted by Gasteiger charge is 2.35. The Morgan fingerprint density at radius 1 is 1.28 bits per heavy atom. The molecule has 29 heavy (non-hydrogen) atoms. The molecule has 148 valence electrons. The minimum atomic E-state index is -0.201. The Kier molecular flexibility index (Phi) is 4.31. The lowest BCUT2D eigenvalue weighted by molar-refractivity contribution is 0.0943. The second-order valence-electron chi connectivity index (χ2n) is 7.12. The Bertz CT molecular complexity index is 1240. The summed E-state index contributed by atoms with van der Waals surface area (Å²) in [7, 11) is 1.76. The second-order valence-corrected chi connectivity index (χ2v) is 7.55. The van der Waals surface area contributed by atoms with Crippen LogP contribution in [0.1, 0.15) is 30.5 Å². The van der Waals surface area contributed by atoms with Crippen LogP contribution < -0.4 is 10.3 Å². The predicted molar refractivity (Wildman–Crippen MR) is 104 cm³/mol. The summed E-state index contributed by atoms with van der Waals surface area (Å²) in [4.78, 5) is 25.3. The molecule has 10 heteroatoms. The molecule has 5 rings (SSSR count). The molecule has 0 bridgehead atoms. The molecule has 0 radical (unpaired) electrons. The normalized spacial score (nSPS) is 18.7. The van der Waals surface area contributed by atoms with Gasteiger partial charge in [-0.15, -0.1) is 0 Å². The van der Waals surface area contributed by atoms with Crippen LogP contribution in [0.5, 0.6) is 5.75 Å². The van der Waals surface area contributed by atoms with Gasteiger partial charge in [0.15, 0.2) is 17.0 Å². The number of aromatic nitrogens is 6. The molecule has 9 nitrogen and oxygen atoms in total. The van der Waals surface area contributed by atoms with Crippen molar-refractivity contribution in [3.63, 3.8) is 0 Å². The lowest BCUT2D eigenvalue weighted by Crippen LogP contribution is -2.32.